The van der Waals surface area contributed by atoms with Crippen LogP contribution in [0.25, 0.3) is 0 Å². The summed E-state index contributed by atoms with van der Waals surface area (Å²) in [4.78, 5) is 11.6. The highest BCUT2D eigenvalue weighted by Gasteiger charge is 2.67. The second kappa shape index (κ2) is 9.41. The minimum atomic E-state index is -0.666. The molecule has 1 aliphatic heterocycles. The Kier molecular flexibility index (Phi) is 6.75. The average molecular weight is 489 g/mol. The number of allylic oxidation sites excluding steroid dienone is 2. The lowest BCUT2D eigenvalue weighted by Crippen LogP contribution is -2.62. The van der Waals surface area contributed by atoms with Gasteiger partial charge < -0.3 is 24.1 Å². The standard InChI is InChI=1S/C29H44O6/c1-5-33-26(30)35-19(2)34-22-10-13-27(3)21(17-22)8-9-25-24(27)11-14-28(4)23(12-15-29(25,28)31)20-7-6-16-32-18-20/h6-7,18-19,21-25,31H,5,8-17H2,1-4H3/t19?,21?,22-,23+,24-,25+,27-,28+,29-/m0/s1. The van der Waals surface area contributed by atoms with E-state index in [4.69, 9.17) is 18.9 Å². The summed E-state index contributed by atoms with van der Waals surface area (Å²) >= 11 is 0. The molecule has 4 aliphatic carbocycles. The molecule has 6 heteroatoms. The Balaban J connectivity index is 1.27. The molecule has 1 heterocycles. The molecular formula is C29H44O6. The number of hydrogen-bond donors (Lipinski definition) is 1. The minimum absolute atomic E-state index is 0.0889. The van der Waals surface area contributed by atoms with Gasteiger partial charge in [0, 0.05) is 5.41 Å². The second-order valence-electron chi connectivity index (χ2n) is 12.2. The van der Waals surface area contributed by atoms with Crippen molar-refractivity contribution in [1.29, 1.82) is 0 Å². The fraction of sp³-hybridized carbons (Fsp3) is 0.828. The summed E-state index contributed by atoms with van der Waals surface area (Å²) in [6.07, 6.45) is 14.6. The Bertz CT molecular complexity index is 867. The molecule has 35 heavy (non-hydrogen) atoms. The van der Waals surface area contributed by atoms with Crippen LogP contribution in [0.5, 0.6) is 0 Å². The number of rotatable bonds is 5. The smallest absolute Gasteiger partial charge is 0.497 e. The van der Waals surface area contributed by atoms with E-state index < -0.39 is 18.0 Å². The van der Waals surface area contributed by atoms with Crippen molar-refractivity contribution >= 4 is 6.16 Å². The average Bonchev–Trinajstić information content (AvgIpc) is 3.11. The number of aliphatic hydroxyl groups is 1. The first-order valence-corrected chi connectivity index (χ1v) is 13.9. The van der Waals surface area contributed by atoms with Crippen molar-refractivity contribution < 1.29 is 28.8 Å². The molecule has 0 spiro atoms. The van der Waals surface area contributed by atoms with E-state index in [2.05, 4.69) is 26.0 Å². The fourth-order valence-electron chi connectivity index (χ4n) is 9.05. The second-order valence-corrected chi connectivity index (χ2v) is 12.2. The molecule has 0 aromatic rings. The van der Waals surface area contributed by atoms with Gasteiger partial charge in [-0.25, -0.2) is 4.79 Å². The summed E-state index contributed by atoms with van der Waals surface area (Å²) in [6, 6.07) is 0. The first-order valence-electron chi connectivity index (χ1n) is 13.9. The lowest BCUT2D eigenvalue weighted by molar-refractivity contribution is -0.218. The maximum Gasteiger partial charge on any atom is 0.510 e. The molecule has 0 aromatic carbocycles. The third-order valence-electron chi connectivity index (χ3n) is 10.8. The van der Waals surface area contributed by atoms with Gasteiger partial charge >= 0.3 is 6.16 Å². The maximum atomic E-state index is 12.4. The van der Waals surface area contributed by atoms with Crippen LogP contribution < -0.4 is 0 Å². The zero-order valence-corrected chi connectivity index (χ0v) is 22.0. The first kappa shape index (κ1) is 25.1. The molecule has 0 aromatic heterocycles. The summed E-state index contributed by atoms with van der Waals surface area (Å²) in [5.74, 6) is 1.88. The molecule has 0 bridgehead atoms. The number of carbonyl (C=O) groups excluding carboxylic acids is 1. The molecule has 4 fully saturated rings. The molecule has 2 unspecified atom stereocenters. The Morgan fingerprint density at radius 2 is 1.97 bits per heavy atom. The van der Waals surface area contributed by atoms with Crippen molar-refractivity contribution in [2.45, 2.75) is 103 Å². The fourth-order valence-corrected chi connectivity index (χ4v) is 9.05. The van der Waals surface area contributed by atoms with Crippen molar-refractivity contribution in [3.63, 3.8) is 0 Å². The van der Waals surface area contributed by atoms with E-state index in [1.807, 2.05) is 6.26 Å². The third-order valence-corrected chi connectivity index (χ3v) is 10.8. The maximum absolute atomic E-state index is 12.4. The van der Waals surface area contributed by atoms with Crippen molar-refractivity contribution in [2.75, 3.05) is 13.2 Å². The van der Waals surface area contributed by atoms with Crippen LogP contribution in [0.15, 0.2) is 24.0 Å². The predicted molar refractivity (Wildman–Crippen MR) is 132 cm³/mol. The van der Waals surface area contributed by atoms with Gasteiger partial charge in [-0.05, 0) is 112 Å². The summed E-state index contributed by atoms with van der Waals surface area (Å²) in [5.41, 5.74) is 0.811. The van der Waals surface area contributed by atoms with Gasteiger partial charge in [0.05, 0.1) is 24.6 Å². The van der Waals surface area contributed by atoms with Gasteiger partial charge in [-0.15, -0.1) is 0 Å². The van der Waals surface area contributed by atoms with Gasteiger partial charge in [-0.1, -0.05) is 19.9 Å². The van der Waals surface area contributed by atoms with E-state index in [0.29, 0.717) is 36.9 Å². The molecular weight excluding hydrogens is 444 g/mol. The molecule has 196 valence electrons. The van der Waals surface area contributed by atoms with Crippen LogP contribution >= 0.6 is 0 Å². The van der Waals surface area contributed by atoms with Crippen LogP contribution in [0.2, 0.25) is 0 Å². The van der Waals surface area contributed by atoms with Crippen LogP contribution in [0.4, 0.5) is 4.79 Å². The predicted octanol–water partition coefficient (Wildman–Crippen LogP) is 6.13. The van der Waals surface area contributed by atoms with Crippen molar-refractivity contribution in [3.05, 3.63) is 24.0 Å². The molecule has 4 saturated carbocycles. The molecule has 0 saturated heterocycles. The largest absolute Gasteiger partial charge is 0.510 e. The van der Waals surface area contributed by atoms with Crippen molar-refractivity contribution in [2.24, 2.45) is 34.5 Å². The molecule has 0 amide bonds. The zero-order chi connectivity index (χ0) is 24.8. The van der Waals surface area contributed by atoms with E-state index in [0.717, 1.165) is 51.4 Å². The van der Waals surface area contributed by atoms with Crippen LogP contribution in [-0.2, 0) is 18.9 Å². The summed E-state index contributed by atoms with van der Waals surface area (Å²) < 4.78 is 21.9. The highest BCUT2D eigenvalue weighted by atomic mass is 16.8. The van der Waals surface area contributed by atoms with E-state index >= 15 is 0 Å². The van der Waals surface area contributed by atoms with Gasteiger partial charge in [-0.2, -0.15) is 0 Å². The van der Waals surface area contributed by atoms with Crippen molar-refractivity contribution in [3.8, 4) is 0 Å². The molecule has 6 nitrogen and oxygen atoms in total. The minimum Gasteiger partial charge on any atom is -0.497 e. The summed E-state index contributed by atoms with van der Waals surface area (Å²) in [7, 11) is 0. The van der Waals surface area contributed by atoms with Crippen molar-refractivity contribution in [1.82, 2.24) is 0 Å². The number of hydrogen-bond acceptors (Lipinski definition) is 6. The van der Waals surface area contributed by atoms with Gasteiger partial charge in [0.1, 0.15) is 6.61 Å². The van der Waals surface area contributed by atoms with E-state index in [-0.39, 0.29) is 16.9 Å². The lowest BCUT2D eigenvalue weighted by atomic mass is 9.43. The number of carbonyl (C=O) groups is 1. The highest BCUT2D eigenvalue weighted by molar-refractivity contribution is 5.59. The van der Waals surface area contributed by atoms with Gasteiger partial charge in [0.25, 0.3) is 0 Å². The van der Waals surface area contributed by atoms with E-state index in [1.165, 1.54) is 12.0 Å². The highest BCUT2D eigenvalue weighted by Crippen LogP contribution is 2.70. The van der Waals surface area contributed by atoms with E-state index in [1.54, 1.807) is 13.8 Å². The Morgan fingerprint density at radius 1 is 1.14 bits per heavy atom. The third kappa shape index (κ3) is 4.13. The van der Waals surface area contributed by atoms with Crippen LogP contribution in [-0.4, -0.2) is 42.5 Å². The number of ether oxygens (including phenoxy) is 4. The summed E-state index contributed by atoms with van der Waals surface area (Å²) in [5, 5.41) is 12.4. The zero-order valence-electron chi connectivity index (χ0n) is 22.0. The molecule has 0 radical (unpaired) electrons. The normalized spacial score (nSPS) is 45.3. The van der Waals surface area contributed by atoms with Gasteiger partial charge in [0.2, 0.25) is 6.29 Å². The van der Waals surface area contributed by atoms with Crippen LogP contribution in [0.1, 0.15) is 85.5 Å². The van der Waals surface area contributed by atoms with Gasteiger partial charge in [0.15, 0.2) is 0 Å². The Labute approximate surface area is 210 Å². The van der Waals surface area contributed by atoms with Crippen LogP contribution in [0.3, 0.4) is 0 Å². The first-order chi connectivity index (χ1) is 16.7. The SMILES string of the molecule is CCOC(=O)OC(C)O[C@H]1CC[C@@]2(C)C(CC[C@@H]3[C@@H]2CC[C@]2(C)[C@@H](C4=COCC=C4)CC[C@]32O)C1. The molecule has 5 rings (SSSR count). The van der Waals surface area contributed by atoms with Gasteiger partial charge in [-0.3, -0.25) is 0 Å². The van der Waals surface area contributed by atoms with Crippen LogP contribution in [0, 0.1) is 34.5 Å². The molecule has 9 atom stereocenters. The summed E-state index contributed by atoms with van der Waals surface area (Å²) in [6.45, 7) is 9.33. The Morgan fingerprint density at radius 3 is 2.71 bits per heavy atom. The molecule has 1 N–H and O–H groups in total. The molecule has 5 aliphatic rings. The van der Waals surface area contributed by atoms with E-state index in [9.17, 15) is 9.90 Å². The monoisotopic (exact) mass is 488 g/mol. The quantitative estimate of drug-likeness (QED) is 0.370. The Hall–Kier alpha value is -1.53. The number of fused-ring (bicyclic) bond motifs is 5. The topological polar surface area (TPSA) is 74.2 Å². The lowest BCUT2D eigenvalue weighted by Gasteiger charge is -2.63.